The smallest absolute Gasteiger partial charge is 0.280 e. The lowest BCUT2D eigenvalue weighted by Crippen LogP contribution is -2.32. The highest BCUT2D eigenvalue weighted by molar-refractivity contribution is 5.93. The summed E-state index contributed by atoms with van der Waals surface area (Å²) < 4.78 is 20.8. The molecular formula is C22H20FN5O3. The maximum absolute atomic E-state index is 14.3. The third-order valence-corrected chi connectivity index (χ3v) is 5.29. The number of aromatic nitrogens is 3. The van der Waals surface area contributed by atoms with Crippen LogP contribution in [0.15, 0.2) is 47.5 Å². The summed E-state index contributed by atoms with van der Waals surface area (Å²) >= 11 is 0. The molecule has 0 unspecified atom stereocenters. The van der Waals surface area contributed by atoms with Crippen LogP contribution in [0.25, 0.3) is 16.9 Å². The number of carbonyl (C=O) groups is 1. The fourth-order valence-corrected chi connectivity index (χ4v) is 3.48. The van der Waals surface area contributed by atoms with Gasteiger partial charge in [-0.05, 0) is 49.1 Å². The van der Waals surface area contributed by atoms with Crippen molar-refractivity contribution < 1.29 is 13.9 Å². The molecule has 1 fully saturated rings. The Hall–Kier alpha value is -3.77. The molecule has 31 heavy (non-hydrogen) atoms. The predicted molar refractivity (Wildman–Crippen MR) is 110 cm³/mol. The number of rotatable bonds is 5. The number of hydrogen-bond donors (Lipinski definition) is 2. The number of hydrogen-bond acceptors (Lipinski definition) is 5. The molecule has 0 bridgehead atoms. The van der Waals surface area contributed by atoms with Crippen molar-refractivity contribution in [2.24, 2.45) is 5.92 Å². The van der Waals surface area contributed by atoms with Gasteiger partial charge >= 0.3 is 0 Å². The third kappa shape index (κ3) is 4.39. The topological polar surface area (TPSA) is 113 Å². The van der Waals surface area contributed by atoms with Gasteiger partial charge in [-0.15, -0.1) is 0 Å². The summed E-state index contributed by atoms with van der Waals surface area (Å²) in [6, 6.07) is 8.89. The monoisotopic (exact) mass is 421 g/mol. The number of ether oxygens (including phenoxy) is 1. The Kier molecular flexibility index (Phi) is 5.91. The zero-order chi connectivity index (χ0) is 21.8. The Labute approximate surface area is 177 Å². The molecule has 3 aromatic rings. The van der Waals surface area contributed by atoms with Crippen molar-refractivity contribution in [1.29, 1.82) is 5.26 Å². The second-order valence-electron chi connectivity index (χ2n) is 7.30. The number of nitrogens with one attached hydrogen (secondary N) is 2. The molecule has 1 saturated heterocycles. The van der Waals surface area contributed by atoms with E-state index < -0.39 is 11.4 Å². The first kappa shape index (κ1) is 20.5. The number of benzene rings is 1. The highest BCUT2D eigenvalue weighted by atomic mass is 19.1. The third-order valence-electron chi connectivity index (χ3n) is 5.29. The summed E-state index contributed by atoms with van der Waals surface area (Å²) in [6.07, 6.45) is 4.62. The molecule has 0 radical (unpaired) electrons. The van der Waals surface area contributed by atoms with Crippen LogP contribution in [0, 0.1) is 23.1 Å². The maximum Gasteiger partial charge on any atom is 0.280 e. The van der Waals surface area contributed by atoms with Gasteiger partial charge in [-0.1, -0.05) is 0 Å². The number of carbonyl (C=O) groups excluding carboxylic acids is 1. The van der Waals surface area contributed by atoms with Gasteiger partial charge in [0.15, 0.2) is 5.82 Å². The standard InChI is InChI=1S/C22H20FN5O3/c23-19-9-15(10-24)1-3-17(19)18-13-27-28(22(18)30)20-4-2-16(12-25-20)21(29)26-11-14-5-7-31-8-6-14/h1-4,9,12-14,27H,5-8,11H2,(H,26,29). The molecule has 9 heteroatoms. The number of amides is 1. The van der Waals surface area contributed by atoms with Gasteiger partial charge < -0.3 is 10.1 Å². The van der Waals surface area contributed by atoms with Crippen molar-refractivity contribution in [1.82, 2.24) is 20.1 Å². The maximum atomic E-state index is 14.3. The van der Waals surface area contributed by atoms with Gasteiger partial charge in [0.2, 0.25) is 0 Å². The molecule has 1 amide bonds. The van der Waals surface area contributed by atoms with E-state index in [9.17, 15) is 14.0 Å². The minimum absolute atomic E-state index is 0.0862. The van der Waals surface area contributed by atoms with Crippen LogP contribution in [-0.4, -0.2) is 40.4 Å². The number of nitriles is 1. The molecule has 1 aliphatic heterocycles. The van der Waals surface area contributed by atoms with Gasteiger partial charge in [0.25, 0.3) is 11.5 Å². The van der Waals surface area contributed by atoms with E-state index >= 15 is 0 Å². The zero-order valence-corrected chi connectivity index (χ0v) is 16.6. The van der Waals surface area contributed by atoms with Crippen molar-refractivity contribution in [2.45, 2.75) is 12.8 Å². The van der Waals surface area contributed by atoms with Gasteiger partial charge in [0, 0.05) is 37.7 Å². The quantitative estimate of drug-likeness (QED) is 0.657. The Balaban J connectivity index is 1.49. The Morgan fingerprint density at radius 3 is 2.77 bits per heavy atom. The summed E-state index contributed by atoms with van der Waals surface area (Å²) in [4.78, 5) is 29.3. The van der Waals surface area contributed by atoms with Crippen molar-refractivity contribution in [3.05, 3.63) is 70.0 Å². The lowest BCUT2D eigenvalue weighted by Gasteiger charge is -2.22. The van der Waals surface area contributed by atoms with Crippen LogP contribution in [0.2, 0.25) is 0 Å². The molecule has 8 nitrogen and oxygen atoms in total. The van der Waals surface area contributed by atoms with Crippen molar-refractivity contribution in [2.75, 3.05) is 19.8 Å². The lowest BCUT2D eigenvalue weighted by atomic mass is 10.0. The van der Waals surface area contributed by atoms with Crippen LogP contribution >= 0.6 is 0 Å². The molecule has 158 valence electrons. The fraction of sp³-hybridized carbons (Fsp3) is 0.273. The number of nitrogens with zero attached hydrogens (tertiary/aromatic N) is 3. The number of H-pyrrole nitrogens is 1. The van der Waals surface area contributed by atoms with Gasteiger partial charge in [-0.2, -0.15) is 5.26 Å². The van der Waals surface area contributed by atoms with E-state index in [1.807, 2.05) is 6.07 Å². The van der Waals surface area contributed by atoms with E-state index in [4.69, 9.17) is 10.00 Å². The summed E-state index contributed by atoms with van der Waals surface area (Å²) in [6.45, 7) is 2.02. The van der Waals surface area contributed by atoms with Crippen molar-refractivity contribution in [3.8, 4) is 23.0 Å². The average molecular weight is 421 g/mol. The Morgan fingerprint density at radius 1 is 1.29 bits per heavy atom. The van der Waals surface area contributed by atoms with Crippen LogP contribution in [0.4, 0.5) is 4.39 Å². The first-order valence-corrected chi connectivity index (χ1v) is 9.89. The van der Waals surface area contributed by atoms with Gasteiger partial charge in [-0.3, -0.25) is 14.7 Å². The number of aromatic amines is 1. The molecule has 3 heterocycles. The normalized spacial score (nSPS) is 14.2. The van der Waals surface area contributed by atoms with Gasteiger partial charge in [-0.25, -0.2) is 14.1 Å². The number of pyridine rings is 1. The van der Waals surface area contributed by atoms with Crippen LogP contribution in [0.1, 0.15) is 28.8 Å². The largest absolute Gasteiger partial charge is 0.381 e. The fourth-order valence-electron chi connectivity index (χ4n) is 3.48. The van der Waals surface area contributed by atoms with Gasteiger partial charge in [0.1, 0.15) is 5.82 Å². The van der Waals surface area contributed by atoms with Crippen LogP contribution < -0.4 is 10.9 Å². The van der Waals surface area contributed by atoms with E-state index in [-0.39, 0.29) is 28.4 Å². The number of halogens is 1. The molecule has 0 atom stereocenters. The molecule has 0 aliphatic carbocycles. The minimum Gasteiger partial charge on any atom is -0.381 e. The summed E-state index contributed by atoms with van der Waals surface area (Å²) in [7, 11) is 0. The molecule has 0 saturated carbocycles. The Bertz CT molecular complexity index is 1190. The first-order valence-electron chi connectivity index (χ1n) is 9.89. The van der Waals surface area contributed by atoms with Crippen LogP contribution in [0.3, 0.4) is 0 Å². The molecule has 1 aliphatic rings. The van der Waals surface area contributed by atoms with Crippen LogP contribution in [-0.2, 0) is 4.74 Å². The highest BCUT2D eigenvalue weighted by Gasteiger charge is 2.17. The molecule has 0 spiro atoms. The van der Waals surface area contributed by atoms with E-state index in [1.165, 1.54) is 24.5 Å². The summed E-state index contributed by atoms with van der Waals surface area (Å²) in [5.41, 5.74) is 0.260. The van der Waals surface area contributed by atoms with E-state index in [0.717, 1.165) is 36.8 Å². The van der Waals surface area contributed by atoms with Crippen molar-refractivity contribution in [3.63, 3.8) is 0 Å². The predicted octanol–water partition coefficient (Wildman–Crippen LogP) is 2.39. The summed E-state index contributed by atoms with van der Waals surface area (Å²) in [5.74, 6) is -0.216. The van der Waals surface area contributed by atoms with Crippen molar-refractivity contribution >= 4 is 5.91 Å². The van der Waals surface area contributed by atoms with Gasteiger partial charge in [0.05, 0.1) is 22.8 Å². The molecule has 4 rings (SSSR count). The SMILES string of the molecule is N#Cc1ccc(-c2c[nH]n(-c3ccc(C(=O)NCC4CCOCC4)cn3)c2=O)c(F)c1. The van der Waals surface area contributed by atoms with E-state index in [2.05, 4.69) is 15.4 Å². The second-order valence-corrected chi connectivity index (χ2v) is 7.30. The Morgan fingerprint density at radius 2 is 2.10 bits per heavy atom. The zero-order valence-electron chi connectivity index (χ0n) is 16.6. The summed E-state index contributed by atoms with van der Waals surface area (Å²) in [5, 5.41) is 14.5. The lowest BCUT2D eigenvalue weighted by molar-refractivity contribution is 0.0642. The van der Waals surface area contributed by atoms with Crippen LogP contribution in [0.5, 0.6) is 0 Å². The van der Waals surface area contributed by atoms with E-state index in [1.54, 1.807) is 12.1 Å². The minimum atomic E-state index is -0.660. The molecule has 1 aromatic carbocycles. The van der Waals surface area contributed by atoms with E-state index in [0.29, 0.717) is 18.0 Å². The molecule has 2 aromatic heterocycles. The molecular weight excluding hydrogens is 401 g/mol. The molecule has 2 N–H and O–H groups in total. The first-order chi connectivity index (χ1) is 15.1. The second kappa shape index (κ2) is 8.93. The average Bonchev–Trinajstić information content (AvgIpc) is 3.19. The highest BCUT2D eigenvalue weighted by Crippen LogP contribution is 2.21.